The summed E-state index contributed by atoms with van der Waals surface area (Å²) < 4.78 is 0. The van der Waals surface area contributed by atoms with Gasteiger partial charge in [-0.05, 0) is 0 Å². The van der Waals surface area contributed by atoms with E-state index >= 15 is 0 Å². The summed E-state index contributed by atoms with van der Waals surface area (Å²) in [7, 11) is 0. The van der Waals surface area contributed by atoms with E-state index in [4.69, 9.17) is 5.11 Å². The van der Waals surface area contributed by atoms with Crippen LogP contribution in [0.1, 0.15) is 13.3 Å². The van der Waals surface area contributed by atoms with Gasteiger partial charge in [0, 0.05) is 32.7 Å². The van der Waals surface area contributed by atoms with Gasteiger partial charge in [0.15, 0.2) is 0 Å². The first-order valence-corrected chi connectivity index (χ1v) is 1.78. The van der Waals surface area contributed by atoms with Crippen molar-refractivity contribution in [1.29, 1.82) is 0 Å². The molecule has 0 fully saturated rings. The van der Waals surface area contributed by atoms with Crippen molar-refractivity contribution in [3.8, 4) is 0 Å². The molecular weight excluding hydrogens is 153 g/mol. The molecule has 0 aromatic heterocycles. The van der Waals surface area contributed by atoms with Crippen molar-refractivity contribution >= 4 is 0 Å². The second-order valence-corrected chi connectivity index (χ2v) is 1.06. The van der Waals surface area contributed by atoms with E-state index in [9.17, 15) is 0 Å². The molecule has 0 aliphatic carbocycles. The van der Waals surface area contributed by atoms with Crippen LogP contribution in [0.4, 0.5) is 0 Å². The number of aliphatic hydroxyl groups excluding tert-OH is 1. The first-order valence-electron chi connectivity index (χ1n) is 1.78. The molecule has 1 nitrogen and oxygen atoms in total. The Morgan fingerprint density at radius 3 is 2.00 bits per heavy atom. The molecule has 0 saturated heterocycles. The fraction of sp³-hybridized carbons (Fsp3) is 0.750. The Bertz CT molecular complexity index is 21.5. The number of rotatable bonds is 1. The Kier molecular flexibility index (Phi) is 10.2. The fourth-order valence-corrected chi connectivity index (χ4v) is 0. The van der Waals surface area contributed by atoms with Gasteiger partial charge >= 0.3 is 0 Å². The van der Waals surface area contributed by atoms with Crippen LogP contribution in [-0.4, -0.2) is 11.2 Å². The van der Waals surface area contributed by atoms with Gasteiger partial charge in [-0.25, -0.2) is 0 Å². The SMILES string of the molecule is [CH2-]C(O)CC.[Y]. The average Bonchev–Trinajstić information content (AvgIpc) is 1.38. The standard InChI is InChI=1S/C4H9O.Y/c1-3-4(2)5;/h4-5H,2-3H2,1H3;/q-1;. The molecule has 0 spiro atoms. The minimum absolute atomic E-state index is 0. The Morgan fingerprint density at radius 2 is 2.00 bits per heavy atom. The first-order chi connectivity index (χ1) is 2.27. The monoisotopic (exact) mass is 162 g/mol. The Balaban J connectivity index is 0. The van der Waals surface area contributed by atoms with E-state index in [-0.39, 0.29) is 38.8 Å². The Hall–Kier alpha value is 1.06. The van der Waals surface area contributed by atoms with Crippen molar-refractivity contribution in [2.45, 2.75) is 19.4 Å². The minimum Gasteiger partial charge on any atom is -0.425 e. The maximum absolute atomic E-state index is 8.25. The third kappa shape index (κ3) is 8.91. The molecule has 0 aromatic rings. The zero-order valence-corrected chi connectivity index (χ0v) is 6.85. The largest absolute Gasteiger partial charge is 0.425 e. The van der Waals surface area contributed by atoms with Gasteiger partial charge in [-0.15, -0.1) is 0 Å². The van der Waals surface area contributed by atoms with E-state index < -0.39 is 0 Å². The van der Waals surface area contributed by atoms with E-state index in [1.54, 1.807) is 0 Å². The zero-order valence-electron chi connectivity index (χ0n) is 4.02. The van der Waals surface area contributed by atoms with Crippen LogP contribution in [-0.2, 0) is 32.7 Å². The van der Waals surface area contributed by atoms with Crippen LogP contribution in [0.3, 0.4) is 0 Å². The van der Waals surface area contributed by atoms with Gasteiger partial charge in [0.05, 0.1) is 0 Å². The molecule has 1 radical (unpaired) electrons. The van der Waals surface area contributed by atoms with E-state index in [0.717, 1.165) is 6.42 Å². The summed E-state index contributed by atoms with van der Waals surface area (Å²) in [6.07, 6.45) is 0.384. The van der Waals surface area contributed by atoms with Crippen LogP contribution in [0.15, 0.2) is 0 Å². The summed E-state index contributed by atoms with van der Waals surface area (Å²) >= 11 is 0. The smallest absolute Gasteiger partial charge is 0 e. The molecule has 0 heterocycles. The normalized spacial score (nSPS) is 12.5. The maximum atomic E-state index is 8.25. The van der Waals surface area contributed by atoms with E-state index in [1.165, 1.54) is 0 Å². The molecule has 2 heteroatoms. The van der Waals surface area contributed by atoms with Crippen molar-refractivity contribution in [2.24, 2.45) is 0 Å². The predicted molar refractivity (Wildman–Crippen MR) is 21.7 cm³/mol. The zero-order chi connectivity index (χ0) is 4.28. The predicted octanol–water partition coefficient (Wildman–Crippen LogP) is 0.589. The average molecular weight is 162 g/mol. The number of hydrogen-bond acceptors (Lipinski definition) is 1. The van der Waals surface area contributed by atoms with Gasteiger partial charge in [-0.3, -0.25) is 0 Å². The van der Waals surface area contributed by atoms with Gasteiger partial charge in [0.25, 0.3) is 0 Å². The van der Waals surface area contributed by atoms with Gasteiger partial charge < -0.3 is 12.0 Å². The second-order valence-electron chi connectivity index (χ2n) is 1.06. The minimum atomic E-state index is -0.366. The molecule has 0 saturated carbocycles. The van der Waals surface area contributed by atoms with Crippen LogP contribution in [0.25, 0.3) is 0 Å². The molecule has 1 unspecified atom stereocenters. The maximum Gasteiger partial charge on any atom is 0 e. The molecule has 0 aliphatic heterocycles. The van der Waals surface area contributed by atoms with Crippen molar-refractivity contribution in [1.82, 2.24) is 0 Å². The summed E-state index contributed by atoms with van der Waals surface area (Å²) in [4.78, 5) is 0. The Morgan fingerprint density at radius 1 is 1.83 bits per heavy atom. The third-order valence-corrected chi connectivity index (χ3v) is 0.471. The van der Waals surface area contributed by atoms with Crippen molar-refractivity contribution in [2.75, 3.05) is 0 Å². The summed E-state index contributed by atoms with van der Waals surface area (Å²) in [5.41, 5.74) is 0. The molecule has 0 amide bonds. The molecule has 1 N–H and O–H groups in total. The second kappa shape index (κ2) is 6.06. The van der Waals surface area contributed by atoms with E-state index in [2.05, 4.69) is 6.92 Å². The van der Waals surface area contributed by atoms with Crippen LogP contribution in [0.5, 0.6) is 0 Å². The van der Waals surface area contributed by atoms with E-state index in [0.29, 0.717) is 0 Å². The van der Waals surface area contributed by atoms with Crippen LogP contribution < -0.4 is 0 Å². The molecule has 0 rings (SSSR count). The van der Waals surface area contributed by atoms with Gasteiger partial charge in [0.1, 0.15) is 0 Å². The van der Waals surface area contributed by atoms with E-state index in [1.807, 2.05) is 6.92 Å². The van der Waals surface area contributed by atoms with Gasteiger partial charge in [-0.2, -0.15) is 0 Å². The van der Waals surface area contributed by atoms with Crippen molar-refractivity contribution in [3.63, 3.8) is 0 Å². The Labute approximate surface area is 64.0 Å². The summed E-state index contributed by atoms with van der Waals surface area (Å²) in [6, 6.07) is 0. The molecule has 1 atom stereocenters. The number of aliphatic hydroxyl groups is 1. The molecule has 6 heavy (non-hydrogen) atoms. The van der Waals surface area contributed by atoms with Gasteiger partial charge in [0.2, 0.25) is 0 Å². The molecule has 35 valence electrons. The summed E-state index contributed by atoms with van der Waals surface area (Å²) in [5.74, 6) is 0. The topological polar surface area (TPSA) is 20.2 Å². The van der Waals surface area contributed by atoms with Gasteiger partial charge in [-0.1, -0.05) is 19.4 Å². The fourth-order valence-electron chi connectivity index (χ4n) is 0. The number of hydrogen-bond donors (Lipinski definition) is 1. The first kappa shape index (κ1) is 10.1. The molecule has 0 aromatic carbocycles. The van der Waals surface area contributed by atoms with Crippen LogP contribution >= 0.6 is 0 Å². The summed E-state index contributed by atoms with van der Waals surface area (Å²) in [6.45, 7) is 5.20. The molecular formula is C4H9OY-. The summed E-state index contributed by atoms with van der Waals surface area (Å²) in [5, 5.41) is 8.25. The van der Waals surface area contributed by atoms with Crippen LogP contribution in [0, 0.1) is 6.92 Å². The third-order valence-electron chi connectivity index (χ3n) is 0.471. The van der Waals surface area contributed by atoms with Crippen molar-refractivity contribution in [3.05, 3.63) is 6.92 Å². The molecule has 0 aliphatic rings. The van der Waals surface area contributed by atoms with Crippen LogP contribution in [0.2, 0.25) is 0 Å². The van der Waals surface area contributed by atoms with Crippen molar-refractivity contribution < 1.29 is 37.8 Å². The molecule has 0 bridgehead atoms. The quantitative estimate of drug-likeness (QED) is 0.559.